The summed E-state index contributed by atoms with van der Waals surface area (Å²) in [6, 6.07) is 4.25. The van der Waals surface area contributed by atoms with E-state index in [1.165, 1.54) is 24.6 Å². The molecule has 0 saturated carbocycles. The van der Waals surface area contributed by atoms with Crippen LogP contribution in [0.4, 0.5) is 0 Å². The van der Waals surface area contributed by atoms with Gasteiger partial charge in [0.15, 0.2) is 0 Å². The molecule has 14 heavy (non-hydrogen) atoms. The summed E-state index contributed by atoms with van der Waals surface area (Å²) in [6.45, 7) is 9.86. The Hall–Kier alpha value is 0.137. The molecule has 0 radical (unpaired) electrons. The maximum atomic E-state index is 5.54. The zero-order valence-electron chi connectivity index (χ0n) is 9.84. The number of epoxide rings is 1. The van der Waals surface area contributed by atoms with Crippen molar-refractivity contribution in [1.82, 2.24) is 0 Å². The largest absolute Gasteiger partial charge is 0.379 e. The van der Waals surface area contributed by atoms with Crippen LogP contribution in [0.25, 0.3) is 0 Å². The van der Waals surface area contributed by atoms with Crippen LogP contribution >= 0.6 is 0 Å². The van der Waals surface area contributed by atoms with Gasteiger partial charge in [0, 0.05) is 14.7 Å². The lowest BCUT2D eigenvalue weighted by molar-refractivity contribution is 0.117. The van der Waals surface area contributed by atoms with Crippen molar-refractivity contribution in [3.05, 3.63) is 0 Å². The predicted octanol–water partition coefficient (Wildman–Crippen LogP) is 2.91. The van der Waals surface area contributed by atoms with Crippen LogP contribution in [-0.2, 0) is 9.47 Å². The first-order valence-electron chi connectivity index (χ1n) is 5.89. The Morgan fingerprint density at radius 3 is 2.50 bits per heavy atom. The van der Waals surface area contributed by atoms with E-state index in [0.717, 1.165) is 19.8 Å². The fourth-order valence-corrected chi connectivity index (χ4v) is 3.79. The molecule has 1 saturated heterocycles. The first kappa shape index (κ1) is 12.2. The molecule has 1 heterocycles. The molecule has 1 rings (SSSR count). The predicted molar refractivity (Wildman–Crippen MR) is 62.6 cm³/mol. The van der Waals surface area contributed by atoms with Crippen molar-refractivity contribution in [1.29, 1.82) is 0 Å². The van der Waals surface area contributed by atoms with Crippen LogP contribution in [0, 0.1) is 0 Å². The molecule has 1 atom stereocenters. The van der Waals surface area contributed by atoms with Crippen LogP contribution in [0.15, 0.2) is 0 Å². The second kappa shape index (κ2) is 5.88. The SMILES string of the molecule is CC[Si](C)(CC)CCCOCC1CO1. The van der Waals surface area contributed by atoms with Gasteiger partial charge in [0.05, 0.1) is 13.2 Å². The van der Waals surface area contributed by atoms with E-state index in [-0.39, 0.29) is 0 Å². The third-order valence-electron chi connectivity index (χ3n) is 3.48. The van der Waals surface area contributed by atoms with Crippen LogP contribution in [0.1, 0.15) is 20.3 Å². The standard InChI is InChI=1S/C11H24O2Si/c1-4-14(3,5-2)8-6-7-12-9-11-10-13-11/h11H,4-10H2,1-3H3. The summed E-state index contributed by atoms with van der Waals surface area (Å²) >= 11 is 0. The van der Waals surface area contributed by atoms with Crippen LogP contribution in [0.2, 0.25) is 24.7 Å². The zero-order valence-corrected chi connectivity index (χ0v) is 10.8. The summed E-state index contributed by atoms with van der Waals surface area (Å²) in [5.74, 6) is 0. The van der Waals surface area contributed by atoms with Crippen LogP contribution < -0.4 is 0 Å². The summed E-state index contributed by atoms with van der Waals surface area (Å²) in [4.78, 5) is 0. The van der Waals surface area contributed by atoms with E-state index < -0.39 is 8.07 Å². The molecule has 0 aliphatic carbocycles. The number of hydrogen-bond acceptors (Lipinski definition) is 2. The number of rotatable bonds is 8. The average molecular weight is 216 g/mol. The van der Waals surface area contributed by atoms with Crippen molar-refractivity contribution in [2.24, 2.45) is 0 Å². The van der Waals surface area contributed by atoms with E-state index >= 15 is 0 Å². The van der Waals surface area contributed by atoms with Crippen LogP contribution in [0.5, 0.6) is 0 Å². The highest BCUT2D eigenvalue weighted by Gasteiger charge is 2.23. The van der Waals surface area contributed by atoms with Gasteiger partial charge in [0.2, 0.25) is 0 Å². The molecule has 0 spiro atoms. The summed E-state index contributed by atoms with van der Waals surface area (Å²) in [5, 5.41) is 0. The Labute approximate surface area is 89.0 Å². The lowest BCUT2D eigenvalue weighted by Gasteiger charge is -2.23. The van der Waals surface area contributed by atoms with Gasteiger partial charge in [-0.15, -0.1) is 0 Å². The zero-order chi connectivity index (χ0) is 10.4. The summed E-state index contributed by atoms with van der Waals surface area (Å²) < 4.78 is 10.6. The maximum absolute atomic E-state index is 5.54. The molecular weight excluding hydrogens is 192 g/mol. The molecule has 1 aliphatic rings. The molecule has 0 aromatic heterocycles. The Kier molecular flexibility index (Phi) is 5.13. The first-order chi connectivity index (χ1) is 6.70. The third-order valence-corrected chi connectivity index (χ3v) is 8.46. The molecule has 2 nitrogen and oxygen atoms in total. The van der Waals surface area contributed by atoms with E-state index in [9.17, 15) is 0 Å². The van der Waals surface area contributed by atoms with E-state index in [4.69, 9.17) is 9.47 Å². The van der Waals surface area contributed by atoms with Crippen LogP contribution in [0.3, 0.4) is 0 Å². The van der Waals surface area contributed by atoms with Gasteiger partial charge in [0.25, 0.3) is 0 Å². The molecule has 0 aromatic rings. The number of ether oxygens (including phenoxy) is 2. The second-order valence-electron chi connectivity index (χ2n) is 4.65. The molecule has 84 valence electrons. The van der Waals surface area contributed by atoms with Crippen molar-refractivity contribution in [3.8, 4) is 0 Å². The molecule has 1 unspecified atom stereocenters. The average Bonchev–Trinajstić information content (AvgIpc) is 3.01. The van der Waals surface area contributed by atoms with Crippen LogP contribution in [-0.4, -0.2) is 34.0 Å². The monoisotopic (exact) mass is 216 g/mol. The van der Waals surface area contributed by atoms with E-state index in [1.54, 1.807) is 0 Å². The Bertz CT molecular complexity index is 153. The van der Waals surface area contributed by atoms with Gasteiger partial charge in [-0.3, -0.25) is 0 Å². The molecule has 3 heteroatoms. The molecule has 0 amide bonds. The van der Waals surface area contributed by atoms with Gasteiger partial charge in [-0.05, 0) is 6.42 Å². The van der Waals surface area contributed by atoms with E-state index in [0.29, 0.717) is 6.10 Å². The molecule has 0 N–H and O–H groups in total. The van der Waals surface area contributed by atoms with Gasteiger partial charge < -0.3 is 9.47 Å². The molecular formula is C11H24O2Si. The molecule has 0 aromatic carbocycles. The normalized spacial score (nSPS) is 21.2. The fourth-order valence-electron chi connectivity index (χ4n) is 1.58. The van der Waals surface area contributed by atoms with Gasteiger partial charge in [-0.1, -0.05) is 38.5 Å². The third kappa shape index (κ3) is 4.58. The van der Waals surface area contributed by atoms with Gasteiger partial charge in [-0.25, -0.2) is 0 Å². The molecule has 0 bridgehead atoms. The highest BCUT2D eigenvalue weighted by Crippen LogP contribution is 2.21. The minimum Gasteiger partial charge on any atom is -0.379 e. The fraction of sp³-hybridized carbons (Fsp3) is 1.00. The van der Waals surface area contributed by atoms with Gasteiger partial charge >= 0.3 is 0 Å². The molecule has 1 aliphatic heterocycles. The van der Waals surface area contributed by atoms with Gasteiger partial charge in [-0.2, -0.15) is 0 Å². The van der Waals surface area contributed by atoms with Crippen molar-refractivity contribution in [3.63, 3.8) is 0 Å². The lowest BCUT2D eigenvalue weighted by Crippen LogP contribution is -2.27. The van der Waals surface area contributed by atoms with Crippen molar-refractivity contribution < 1.29 is 9.47 Å². The Morgan fingerprint density at radius 1 is 1.36 bits per heavy atom. The summed E-state index contributed by atoms with van der Waals surface area (Å²) in [5.41, 5.74) is 0. The van der Waals surface area contributed by atoms with E-state index in [1.807, 2.05) is 0 Å². The second-order valence-corrected chi connectivity index (χ2v) is 10.2. The quantitative estimate of drug-likeness (QED) is 0.353. The highest BCUT2D eigenvalue weighted by atomic mass is 28.3. The Balaban J connectivity index is 1.95. The smallest absolute Gasteiger partial charge is 0.104 e. The number of hydrogen-bond donors (Lipinski definition) is 0. The maximum Gasteiger partial charge on any atom is 0.104 e. The topological polar surface area (TPSA) is 21.8 Å². The van der Waals surface area contributed by atoms with Gasteiger partial charge in [0.1, 0.15) is 6.10 Å². The van der Waals surface area contributed by atoms with Crippen molar-refractivity contribution >= 4 is 8.07 Å². The summed E-state index contributed by atoms with van der Waals surface area (Å²) in [7, 11) is -0.870. The minimum absolute atomic E-state index is 0.427. The first-order valence-corrected chi connectivity index (χ1v) is 9.01. The van der Waals surface area contributed by atoms with Crippen molar-refractivity contribution in [2.75, 3.05) is 19.8 Å². The van der Waals surface area contributed by atoms with E-state index in [2.05, 4.69) is 20.4 Å². The summed E-state index contributed by atoms with van der Waals surface area (Å²) in [6.07, 6.45) is 1.67. The Morgan fingerprint density at radius 2 is 2.00 bits per heavy atom. The molecule has 1 fully saturated rings. The van der Waals surface area contributed by atoms with Crippen molar-refractivity contribution in [2.45, 2.75) is 51.1 Å². The lowest BCUT2D eigenvalue weighted by atomic mass is 10.5. The minimum atomic E-state index is -0.870. The highest BCUT2D eigenvalue weighted by molar-refractivity contribution is 6.78.